The van der Waals surface area contributed by atoms with Crippen LogP contribution >= 0.6 is 11.6 Å². The van der Waals surface area contributed by atoms with Gasteiger partial charge in [-0.2, -0.15) is 0 Å². The molecule has 2 heterocycles. The number of nitrogens with zero attached hydrogens (tertiary/aromatic N) is 2. The maximum absolute atomic E-state index is 5.83. The Morgan fingerprint density at radius 3 is 3.18 bits per heavy atom. The van der Waals surface area contributed by atoms with Crippen LogP contribution in [0.25, 0.3) is 0 Å². The van der Waals surface area contributed by atoms with E-state index in [1.807, 2.05) is 6.07 Å². The third kappa shape index (κ3) is 3.33. The van der Waals surface area contributed by atoms with E-state index in [1.165, 1.54) is 19.4 Å². The number of ether oxygens (including phenoxy) is 1. The number of pyridine rings is 1. The van der Waals surface area contributed by atoms with Crippen LogP contribution in [-0.2, 0) is 5.88 Å². The summed E-state index contributed by atoms with van der Waals surface area (Å²) in [6, 6.07) is 2.56. The second-order valence-electron chi connectivity index (χ2n) is 4.53. The van der Waals surface area contributed by atoms with E-state index in [-0.39, 0.29) is 0 Å². The molecule has 0 spiro atoms. The summed E-state index contributed by atoms with van der Waals surface area (Å²) in [6.07, 6.45) is 7.19. The molecule has 0 bridgehead atoms. The Morgan fingerprint density at radius 1 is 1.59 bits per heavy atom. The highest BCUT2D eigenvalue weighted by atomic mass is 35.5. The van der Waals surface area contributed by atoms with Crippen LogP contribution < -0.4 is 4.74 Å². The summed E-state index contributed by atoms with van der Waals surface area (Å²) in [5.41, 5.74) is 0.967. The molecule has 17 heavy (non-hydrogen) atoms. The minimum atomic E-state index is 0.451. The van der Waals surface area contributed by atoms with Crippen molar-refractivity contribution < 1.29 is 4.74 Å². The second kappa shape index (κ2) is 6.22. The van der Waals surface area contributed by atoms with Crippen molar-refractivity contribution in [1.82, 2.24) is 9.88 Å². The molecular formula is C13H19ClN2O. The number of aromatic nitrogens is 1. The van der Waals surface area contributed by atoms with Gasteiger partial charge in [-0.15, -0.1) is 11.6 Å². The quantitative estimate of drug-likeness (QED) is 0.756. The minimum Gasteiger partial charge on any atom is -0.493 e. The van der Waals surface area contributed by atoms with E-state index >= 15 is 0 Å². The largest absolute Gasteiger partial charge is 0.493 e. The molecule has 1 atom stereocenters. The number of likely N-dealkylation sites (tertiary alicyclic amines) is 1. The van der Waals surface area contributed by atoms with Crippen LogP contribution in [-0.4, -0.2) is 36.1 Å². The summed E-state index contributed by atoms with van der Waals surface area (Å²) in [7, 11) is 2.19. The van der Waals surface area contributed by atoms with Crippen LogP contribution in [0, 0.1) is 0 Å². The van der Waals surface area contributed by atoms with Crippen molar-refractivity contribution >= 4 is 11.6 Å². The second-order valence-corrected chi connectivity index (χ2v) is 4.80. The summed E-state index contributed by atoms with van der Waals surface area (Å²) >= 11 is 5.83. The number of alkyl halides is 1. The highest BCUT2D eigenvalue weighted by Gasteiger charge is 2.20. The minimum absolute atomic E-state index is 0.451. The molecule has 1 unspecified atom stereocenters. The highest BCUT2D eigenvalue weighted by molar-refractivity contribution is 6.17. The van der Waals surface area contributed by atoms with Crippen molar-refractivity contribution in [3.05, 3.63) is 24.0 Å². The molecule has 0 saturated carbocycles. The lowest BCUT2D eigenvalue weighted by Crippen LogP contribution is -2.26. The van der Waals surface area contributed by atoms with Gasteiger partial charge in [-0.05, 0) is 38.9 Å². The predicted molar refractivity (Wildman–Crippen MR) is 69.6 cm³/mol. The number of hydrogen-bond donors (Lipinski definition) is 0. The van der Waals surface area contributed by atoms with Gasteiger partial charge in [0.15, 0.2) is 0 Å². The molecule has 1 aliphatic heterocycles. The van der Waals surface area contributed by atoms with Gasteiger partial charge in [-0.3, -0.25) is 4.98 Å². The Morgan fingerprint density at radius 2 is 2.47 bits per heavy atom. The van der Waals surface area contributed by atoms with Gasteiger partial charge < -0.3 is 9.64 Å². The zero-order valence-corrected chi connectivity index (χ0v) is 11.0. The molecule has 94 valence electrons. The molecule has 1 aliphatic rings. The molecular weight excluding hydrogens is 236 g/mol. The molecule has 0 N–H and O–H groups in total. The molecule has 2 rings (SSSR count). The number of halogens is 1. The van der Waals surface area contributed by atoms with Crippen LogP contribution in [0.1, 0.15) is 24.8 Å². The molecule has 1 aromatic heterocycles. The average molecular weight is 255 g/mol. The first-order valence-electron chi connectivity index (χ1n) is 6.13. The van der Waals surface area contributed by atoms with E-state index in [0.717, 1.165) is 24.3 Å². The molecule has 1 fully saturated rings. The standard InChI is InChI=1S/C13H19ClN2O/c1-16-7-2-3-12(16)5-8-17-13-4-6-15-10-11(13)9-14/h4,6,10,12H,2-3,5,7-9H2,1H3. The Bertz CT molecular complexity index is 359. The first-order chi connectivity index (χ1) is 8.31. The van der Waals surface area contributed by atoms with E-state index in [0.29, 0.717) is 11.9 Å². The van der Waals surface area contributed by atoms with Gasteiger partial charge in [0.25, 0.3) is 0 Å². The Labute approximate surface area is 108 Å². The van der Waals surface area contributed by atoms with Crippen molar-refractivity contribution in [2.45, 2.75) is 31.2 Å². The van der Waals surface area contributed by atoms with E-state index in [1.54, 1.807) is 12.4 Å². The topological polar surface area (TPSA) is 25.4 Å². The lowest BCUT2D eigenvalue weighted by molar-refractivity contribution is 0.232. The Hall–Kier alpha value is -0.800. The zero-order valence-electron chi connectivity index (χ0n) is 10.2. The number of rotatable bonds is 5. The maximum Gasteiger partial charge on any atom is 0.126 e. The van der Waals surface area contributed by atoms with E-state index in [4.69, 9.17) is 16.3 Å². The lowest BCUT2D eigenvalue weighted by atomic mass is 10.1. The smallest absolute Gasteiger partial charge is 0.126 e. The molecule has 0 radical (unpaired) electrons. The first kappa shape index (κ1) is 12.7. The van der Waals surface area contributed by atoms with Crippen molar-refractivity contribution in [3.8, 4) is 5.75 Å². The van der Waals surface area contributed by atoms with E-state index < -0.39 is 0 Å². The van der Waals surface area contributed by atoms with Gasteiger partial charge >= 0.3 is 0 Å². The Kier molecular flexibility index (Phi) is 4.63. The van der Waals surface area contributed by atoms with Gasteiger partial charge in [0.05, 0.1) is 12.5 Å². The van der Waals surface area contributed by atoms with Crippen molar-refractivity contribution in [2.24, 2.45) is 0 Å². The highest BCUT2D eigenvalue weighted by Crippen LogP contribution is 2.21. The molecule has 0 aromatic carbocycles. The molecule has 3 nitrogen and oxygen atoms in total. The molecule has 1 aromatic rings. The van der Waals surface area contributed by atoms with Crippen molar-refractivity contribution in [1.29, 1.82) is 0 Å². The van der Waals surface area contributed by atoms with Gasteiger partial charge in [0.1, 0.15) is 5.75 Å². The van der Waals surface area contributed by atoms with E-state index in [9.17, 15) is 0 Å². The van der Waals surface area contributed by atoms with Crippen molar-refractivity contribution in [2.75, 3.05) is 20.2 Å². The van der Waals surface area contributed by atoms with Gasteiger partial charge in [0, 0.05) is 24.0 Å². The summed E-state index contributed by atoms with van der Waals surface area (Å²) in [5, 5.41) is 0. The molecule has 0 aliphatic carbocycles. The summed E-state index contributed by atoms with van der Waals surface area (Å²) in [5.74, 6) is 1.32. The number of hydrogen-bond acceptors (Lipinski definition) is 3. The van der Waals surface area contributed by atoms with Crippen LogP contribution in [0.3, 0.4) is 0 Å². The fourth-order valence-electron chi connectivity index (χ4n) is 2.30. The summed E-state index contributed by atoms with van der Waals surface area (Å²) < 4.78 is 5.79. The van der Waals surface area contributed by atoms with Crippen LogP contribution in [0.5, 0.6) is 5.75 Å². The fourth-order valence-corrected chi connectivity index (χ4v) is 2.51. The monoisotopic (exact) mass is 254 g/mol. The van der Waals surface area contributed by atoms with Crippen LogP contribution in [0.15, 0.2) is 18.5 Å². The third-order valence-electron chi connectivity index (χ3n) is 3.38. The van der Waals surface area contributed by atoms with Crippen LogP contribution in [0.4, 0.5) is 0 Å². The summed E-state index contributed by atoms with van der Waals surface area (Å²) in [6.45, 7) is 1.97. The third-order valence-corrected chi connectivity index (χ3v) is 3.67. The molecule has 0 amide bonds. The van der Waals surface area contributed by atoms with Crippen molar-refractivity contribution in [3.63, 3.8) is 0 Å². The SMILES string of the molecule is CN1CCCC1CCOc1ccncc1CCl. The first-order valence-corrected chi connectivity index (χ1v) is 6.66. The summed E-state index contributed by atoms with van der Waals surface area (Å²) in [4.78, 5) is 6.46. The van der Waals surface area contributed by atoms with Gasteiger partial charge in [-0.1, -0.05) is 0 Å². The maximum atomic E-state index is 5.83. The normalized spacial score (nSPS) is 20.7. The van der Waals surface area contributed by atoms with E-state index in [2.05, 4.69) is 16.9 Å². The van der Waals surface area contributed by atoms with Gasteiger partial charge in [0.2, 0.25) is 0 Å². The fraction of sp³-hybridized carbons (Fsp3) is 0.615. The molecule has 1 saturated heterocycles. The Balaban J connectivity index is 1.81. The zero-order chi connectivity index (χ0) is 12.1. The average Bonchev–Trinajstić information content (AvgIpc) is 2.76. The lowest BCUT2D eigenvalue weighted by Gasteiger charge is -2.19. The van der Waals surface area contributed by atoms with Crippen LogP contribution in [0.2, 0.25) is 0 Å². The molecule has 4 heteroatoms. The van der Waals surface area contributed by atoms with Gasteiger partial charge in [-0.25, -0.2) is 0 Å². The predicted octanol–water partition coefficient (Wildman–Crippen LogP) is 2.68.